The number of ketones is 1. The van der Waals surface area contributed by atoms with Crippen molar-refractivity contribution in [2.75, 3.05) is 0 Å². The van der Waals surface area contributed by atoms with Crippen molar-refractivity contribution in [3.63, 3.8) is 0 Å². The van der Waals surface area contributed by atoms with Crippen LogP contribution in [-0.4, -0.2) is 26.7 Å². The van der Waals surface area contributed by atoms with E-state index in [9.17, 15) is 14.7 Å². The van der Waals surface area contributed by atoms with Crippen LogP contribution in [0.25, 0.3) is 0 Å². The third-order valence-electron chi connectivity index (χ3n) is 4.43. The lowest BCUT2D eigenvalue weighted by molar-refractivity contribution is -0.130. The van der Waals surface area contributed by atoms with E-state index in [0.29, 0.717) is 12.1 Å². The first kappa shape index (κ1) is 17.9. The minimum atomic E-state index is -0.715. The van der Waals surface area contributed by atoms with Gasteiger partial charge in [0.15, 0.2) is 11.5 Å². The van der Waals surface area contributed by atoms with E-state index in [1.165, 1.54) is 4.90 Å². The summed E-state index contributed by atoms with van der Waals surface area (Å²) >= 11 is 0. The highest BCUT2D eigenvalue weighted by atomic mass is 16.3. The van der Waals surface area contributed by atoms with Crippen LogP contribution >= 0.6 is 0 Å². The first-order chi connectivity index (χ1) is 12.3. The minimum absolute atomic E-state index is 0.145. The molecule has 134 valence electrons. The number of benzene rings is 1. The average Bonchev–Trinajstić information content (AvgIpc) is 2.87. The predicted molar refractivity (Wildman–Crippen MR) is 98.1 cm³/mol. The number of hydrogen-bond donors (Lipinski definition) is 1. The molecular weight excluding hydrogens is 328 g/mol. The number of aliphatic hydroxyl groups excluding tert-OH is 1. The lowest BCUT2D eigenvalue weighted by Gasteiger charge is -2.28. The molecule has 1 amide bonds. The molecule has 3 rings (SSSR count). The maximum atomic E-state index is 13.0. The van der Waals surface area contributed by atoms with Crippen molar-refractivity contribution < 1.29 is 14.7 Å². The van der Waals surface area contributed by atoms with Gasteiger partial charge in [0.2, 0.25) is 0 Å². The zero-order chi connectivity index (χ0) is 18.9. The SMILES string of the molecule is CC(C)(C)C(=O)C1=C(O)C(=O)N(Cc2ccccc2)[C@H]1c1cccnc1. The number of carbonyl (C=O) groups excluding carboxylic acids is 2. The van der Waals surface area contributed by atoms with Crippen LogP contribution < -0.4 is 0 Å². The molecule has 0 radical (unpaired) electrons. The van der Waals surface area contributed by atoms with E-state index < -0.39 is 23.1 Å². The molecule has 2 heterocycles. The topological polar surface area (TPSA) is 70.5 Å². The molecule has 0 saturated carbocycles. The Balaban J connectivity index is 2.08. The van der Waals surface area contributed by atoms with Crippen molar-refractivity contribution >= 4 is 11.7 Å². The Morgan fingerprint density at radius 3 is 2.42 bits per heavy atom. The monoisotopic (exact) mass is 350 g/mol. The fourth-order valence-corrected chi connectivity index (χ4v) is 3.12. The van der Waals surface area contributed by atoms with Gasteiger partial charge in [-0.3, -0.25) is 14.6 Å². The van der Waals surface area contributed by atoms with Gasteiger partial charge in [0.25, 0.3) is 5.91 Å². The van der Waals surface area contributed by atoms with Crippen LogP contribution in [0.2, 0.25) is 0 Å². The van der Waals surface area contributed by atoms with Gasteiger partial charge < -0.3 is 10.0 Å². The molecule has 0 spiro atoms. The lowest BCUT2D eigenvalue weighted by atomic mass is 9.82. The molecule has 1 aromatic heterocycles. The van der Waals surface area contributed by atoms with Gasteiger partial charge in [-0.25, -0.2) is 0 Å². The summed E-state index contributed by atoms with van der Waals surface area (Å²) in [5.41, 5.74) is 1.05. The van der Waals surface area contributed by atoms with Crippen LogP contribution in [0.3, 0.4) is 0 Å². The van der Waals surface area contributed by atoms with E-state index in [1.807, 2.05) is 36.4 Å². The second-order valence-electron chi connectivity index (χ2n) is 7.45. The fourth-order valence-electron chi connectivity index (χ4n) is 3.12. The Bertz CT molecular complexity index is 852. The zero-order valence-electron chi connectivity index (χ0n) is 15.1. The number of amides is 1. The quantitative estimate of drug-likeness (QED) is 0.915. The van der Waals surface area contributed by atoms with E-state index in [2.05, 4.69) is 4.98 Å². The molecule has 1 aromatic carbocycles. The maximum absolute atomic E-state index is 13.0. The molecule has 5 heteroatoms. The summed E-state index contributed by atoms with van der Waals surface area (Å²) in [7, 11) is 0. The second-order valence-corrected chi connectivity index (χ2v) is 7.45. The van der Waals surface area contributed by atoms with Crippen molar-refractivity contribution in [2.45, 2.75) is 33.4 Å². The van der Waals surface area contributed by atoms with Gasteiger partial charge in [-0.1, -0.05) is 57.2 Å². The molecular formula is C21H22N2O3. The van der Waals surface area contributed by atoms with E-state index in [1.54, 1.807) is 39.2 Å². The number of pyridine rings is 1. The van der Waals surface area contributed by atoms with Gasteiger partial charge in [0.05, 0.1) is 11.6 Å². The first-order valence-electron chi connectivity index (χ1n) is 8.53. The van der Waals surface area contributed by atoms with Gasteiger partial charge in [-0.05, 0) is 17.2 Å². The number of hydrogen-bond acceptors (Lipinski definition) is 4. The van der Waals surface area contributed by atoms with Gasteiger partial charge >= 0.3 is 0 Å². The number of nitrogens with zero attached hydrogens (tertiary/aromatic N) is 2. The Kier molecular flexibility index (Phi) is 4.64. The van der Waals surface area contributed by atoms with Crippen LogP contribution in [0.5, 0.6) is 0 Å². The number of aliphatic hydroxyl groups is 1. The average molecular weight is 350 g/mol. The molecule has 0 fully saturated rings. The van der Waals surface area contributed by atoms with Gasteiger partial charge in [-0.15, -0.1) is 0 Å². The molecule has 0 aliphatic carbocycles. The van der Waals surface area contributed by atoms with Crippen LogP contribution in [0.1, 0.15) is 37.9 Å². The molecule has 1 aliphatic heterocycles. The number of aromatic nitrogens is 1. The minimum Gasteiger partial charge on any atom is -0.503 e. The highest BCUT2D eigenvalue weighted by Crippen LogP contribution is 2.41. The number of carbonyl (C=O) groups is 2. The maximum Gasteiger partial charge on any atom is 0.290 e. The van der Waals surface area contributed by atoms with E-state index in [0.717, 1.165) is 5.56 Å². The van der Waals surface area contributed by atoms with Gasteiger partial charge in [0.1, 0.15) is 0 Å². The summed E-state index contributed by atoms with van der Waals surface area (Å²) in [4.78, 5) is 31.4. The van der Waals surface area contributed by atoms with Crippen LogP contribution in [0.15, 0.2) is 66.2 Å². The first-order valence-corrected chi connectivity index (χ1v) is 8.53. The number of rotatable bonds is 4. The summed E-state index contributed by atoms with van der Waals surface area (Å²) in [6, 6.07) is 12.4. The summed E-state index contributed by atoms with van der Waals surface area (Å²) in [5, 5.41) is 10.5. The normalized spacial score (nSPS) is 17.7. The van der Waals surface area contributed by atoms with Crippen molar-refractivity contribution in [3.05, 3.63) is 77.3 Å². The highest BCUT2D eigenvalue weighted by molar-refractivity contribution is 6.10. The Hall–Kier alpha value is -2.95. The molecule has 1 atom stereocenters. The highest BCUT2D eigenvalue weighted by Gasteiger charge is 2.45. The predicted octanol–water partition coefficient (Wildman–Crippen LogP) is 3.59. The molecule has 1 N–H and O–H groups in total. The zero-order valence-corrected chi connectivity index (χ0v) is 15.1. The van der Waals surface area contributed by atoms with E-state index >= 15 is 0 Å². The number of Topliss-reactive ketones (excluding diaryl/α,β-unsaturated/α-hetero) is 1. The molecule has 1 aliphatic rings. The summed E-state index contributed by atoms with van der Waals surface area (Å²) in [6.45, 7) is 5.63. The third-order valence-corrected chi connectivity index (χ3v) is 4.43. The summed E-state index contributed by atoms with van der Waals surface area (Å²) < 4.78 is 0. The van der Waals surface area contributed by atoms with Gasteiger partial charge in [-0.2, -0.15) is 0 Å². The molecule has 2 aromatic rings. The smallest absolute Gasteiger partial charge is 0.290 e. The largest absolute Gasteiger partial charge is 0.503 e. The van der Waals surface area contributed by atoms with Gasteiger partial charge in [0, 0.05) is 24.4 Å². The summed E-state index contributed by atoms with van der Waals surface area (Å²) in [6.07, 6.45) is 3.26. The molecule has 26 heavy (non-hydrogen) atoms. The standard InChI is InChI=1S/C21H22N2O3/c1-21(2,3)19(25)16-17(15-10-7-11-22-12-15)23(20(26)18(16)24)13-14-8-5-4-6-9-14/h4-12,17,24H,13H2,1-3H3/t17-/m0/s1. The lowest BCUT2D eigenvalue weighted by Crippen LogP contribution is -2.32. The van der Waals surface area contributed by atoms with Crippen molar-refractivity contribution in [1.82, 2.24) is 9.88 Å². The molecule has 0 unspecified atom stereocenters. The second kappa shape index (κ2) is 6.75. The fraction of sp³-hybridized carbons (Fsp3) is 0.286. The van der Waals surface area contributed by atoms with E-state index in [4.69, 9.17) is 0 Å². The molecule has 5 nitrogen and oxygen atoms in total. The molecule has 0 saturated heterocycles. The van der Waals surface area contributed by atoms with Crippen molar-refractivity contribution in [3.8, 4) is 0 Å². The van der Waals surface area contributed by atoms with Crippen LogP contribution in [0, 0.1) is 5.41 Å². The molecule has 0 bridgehead atoms. The van der Waals surface area contributed by atoms with E-state index in [-0.39, 0.29) is 11.4 Å². The van der Waals surface area contributed by atoms with Crippen molar-refractivity contribution in [1.29, 1.82) is 0 Å². The van der Waals surface area contributed by atoms with Crippen molar-refractivity contribution in [2.24, 2.45) is 5.41 Å². The third kappa shape index (κ3) is 3.25. The summed E-state index contributed by atoms with van der Waals surface area (Å²) in [5.74, 6) is -1.24. The van der Waals surface area contributed by atoms with Crippen LogP contribution in [-0.2, 0) is 16.1 Å². The Morgan fingerprint density at radius 2 is 1.85 bits per heavy atom. The Morgan fingerprint density at radius 1 is 1.15 bits per heavy atom. The van der Waals surface area contributed by atoms with Crippen LogP contribution in [0.4, 0.5) is 0 Å². The Labute approximate surface area is 153 Å².